The van der Waals surface area contributed by atoms with Gasteiger partial charge in [0.25, 0.3) is 5.91 Å². The molecule has 0 radical (unpaired) electrons. The van der Waals surface area contributed by atoms with Crippen molar-refractivity contribution in [1.82, 2.24) is 20.2 Å². The van der Waals surface area contributed by atoms with Crippen LogP contribution in [0.2, 0.25) is 0 Å². The van der Waals surface area contributed by atoms with Crippen LogP contribution >= 0.6 is 0 Å². The molecule has 1 amide bonds. The van der Waals surface area contributed by atoms with Gasteiger partial charge < -0.3 is 4.74 Å². The maximum absolute atomic E-state index is 12.5. The molecule has 1 aliphatic rings. The molecule has 1 unspecified atom stereocenters. The molecular weight excluding hydrogens is 358 g/mol. The van der Waals surface area contributed by atoms with Gasteiger partial charge in [-0.3, -0.25) is 25.0 Å². The standard InChI is InChI=1S/C20H19N5O3/c26-16(17-8-4-10-28-17)12-13-5-3-6-14(11-13)19(27)23-20-22-18(24-25-20)15-7-1-2-9-21-15/h1-3,5-7,9,11,17H,4,8,10,12H2,(H2,22,23,24,25,27). The first-order chi connectivity index (χ1) is 13.7. The Morgan fingerprint density at radius 1 is 1.21 bits per heavy atom. The first-order valence-electron chi connectivity index (χ1n) is 9.07. The molecule has 8 heteroatoms. The molecule has 0 bridgehead atoms. The third-order valence-electron chi connectivity index (χ3n) is 4.47. The van der Waals surface area contributed by atoms with Gasteiger partial charge in [0.15, 0.2) is 11.6 Å². The number of nitrogens with zero attached hydrogens (tertiary/aromatic N) is 3. The number of ether oxygens (including phenoxy) is 1. The average molecular weight is 377 g/mol. The first kappa shape index (κ1) is 18.0. The van der Waals surface area contributed by atoms with Gasteiger partial charge in [-0.25, -0.2) is 0 Å². The smallest absolute Gasteiger partial charge is 0.258 e. The van der Waals surface area contributed by atoms with Gasteiger partial charge in [-0.15, -0.1) is 5.10 Å². The number of rotatable bonds is 6. The lowest BCUT2D eigenvalue weighted by Gasteiger charge is -2.09. The summed E-state index contributed by atoms with van der Waals surface area (Å²) in [5.74, 6) is 0.320. The number of pyridine rings is 1. The molecule has 4 rings (SSSR count). The summed E-state index contributed by atoms with van der Waals surface area (Å²) in [6, 6.07) is 12.4. The van der Waals surface area contributed by atoms with Crippen molar-refractivity contribution in [1.29, 1.82) is 0 Å². The predicted octanol–water partition coefficient (Wildman–Crippen LogP) is 2.41. The van der Waals surface area contributed by atoms with Crippen LogP contribution in [0.3, 0.4) is 0 Å². The van der Waals surface area contributed by atoms with Gasteiger partial charge in [-0.1, -0.05) is 18.2 Å². The van der Waals surface area contributed by atoms with E-state index in [4.69, 9.17) is 4.74 Å². The van der Waals surface area contributed by atoms with Crippen LogP contribution in [0, 0.1) is 0 Å². The molecule has 3 heterocycles. The van der Waals surface area contributed by atoms with Crippen LogP contribution in [0.15, 0.2) is 48.7 Å². The number of H-pyrrole nitrogens is 1. The van der Waals surface area contributed by atoms with Crippen LogP contribution in [0.25, 0.3) is 11.5 Å². The number of benzene rings is 1. The molecule has 1 fully saturated rings. The highest BCUT2D eigenvalue weighted by Gasteiger charge is 2.23. The highest BCUT2D eigenvalue weighted by Crippen LogP contribution is 2.17. The second-order valence-electron chi connectivity index (χ2n) is 6.52. The zero-order chi connectivity index (χ0) is 19.3. The monoisotopic (exact) mass is 377 g/mol. The number of hydrogen-bond donors (Lipinski definition) is 2. The summed E-state index contributed by atoms with van der Waals surface area (Å²) in [5, 5.41) is 9.41. The van der Waals surface area contributed by atoms with E-state index >= 15 is 0 Å². The number of amides is 1. The van der Waals surface area contributed by atoms with Crippen molar-refractivity contribution in [2.45, 2.75) is 25.4 Å². The Bertz CT molecular complexity index is 980. The Morgan fingerprint density at radius 3 is 2.93 bits per heavy atom. The van der Waals surface area contributed by atoms with Crippen LogP contribution < -0.4 is 5.32 Å². The molecule has 2 N–H and O–H groups in total. The van der Waals surface area contributed by atoms with E-state index in [0.29, 0.717) is 23.7 Å². The molecule has 1 aliphatic heterocycles. The van der Waals surface area contributed by atoms with Crippen LogP contribution in [0.4, 0.5) is 5.95 Å². The highest BCUT2D eigenvalue weighted by atomic mass is 16.5. The van der Waals surface area contributed by atoms with E-state index in [0.717, 1.165) is 18.4 Å². The van der Waals surface area contributed by atoms with Crippen molar-refractivity contribution in [3.63, 3.8) is 0 Å². The fourth-order valence-corrected chi connectivity index (χ4v) is 3.08. The van der Waals surface area contributed by atoms with E-state index in [1.165, 1.54) is 0 Å². The second-order valence-corrected chi connectivity index (χ2v) is 6.52. The second kappa shape index (κ2) is 8.10. The number of hydrogen-bond acceptors (Lipinski definition) is 6. The summed E-state index contributed by atoms with van der Waals surface area (Å²) < 4.78 is 5.43. The highest BCUT2D eigenvalue weighted by molar-refractivity contribution is 6.03. The fourth-order valence-electron chi connectivity index (χ4n) is 3.08. The molecule has 142 valence electrons. The van der Waals surface area contributed by atoms with Gasteiger partial charge in [0, 0.05) is 24.8 Å². The van der Waals surface area contributed by atoms with Gasteiger partial charge in [0.05, 0.1) is 0 Å². The SMILES string of the molecule is O=C(Nc1n[nH]c(-c2ccccn2)n1)c1cccc(CC(=O)C2CCCO2)c1. The molecule has 0 spiro atoms. The molecular formula is C20H19N5O3. The van der Waals surface area contributed by atoms with Gasteiger partial charge >= 0.3 is 0 Å². The van der Waals surface area contributed by atoms with Crippen LogP contribution in [-0.4, -0.2) is 44.6 Å². The number of carbonyl (C=O) groups excluding carboxylic acids is 2. The quantitative estimate of drug-likeness (QED) is 0.683. The van der Waals surface area contributed by atoms with Crippen molar-refractivity contribution in [2.24, 2.45) is 0 Å². The van der Waals surface area contributed by atoms with E-state index < -0.39 is 0 Å². The number of nitrogens with one attached hydrogen (secondary N) is 2. The number of aromatic amines is 1. The Kier molecular flexibility index (Phi) is 5.20. The summed E-state index contributed by atoms with van der Waals surface area (Å²) in [6.45, 7) is 0.635. The molecule has 28 heavy (non-hydrogen) atoms. The largest absolute Gasteiger partial charge is 0.370 e. The third-order valence-corrected chi connectivity index (χ3v) is 4.47. The van der Waals surface area contributed by atoms with Crippen LogP contribution in [0.1, 0.15) is 28.8 Å². The predicted molar refractivity (Wildman–Crippen MR) is 102 cm³/mol. The fraction of sp³-hybridized carbons (Fsp3) is 0.250. The number of Topliss-reactive ketones (excluding diaryl/α,β-unsaturated/α-hetero) is 1. The summed E-state index contributed by atoms with van der Waals surface area (Å²) in [4.78, 5) is 33.2. The summed E-state index contributed by atoms with van der Waals surface area (Å²) in [5.41, 5.74) is 1.84. The number of ketones is 1. The van der Waals surface area contributed by atoms with Crippen molar-refractivity contribution in [3.05, 3.63) is 59.8 Å². The topological polar surface area (TPSA) is 110 Å². The zero-order valence-corrected chi connectivity index (χ0v) is 15.1. The maximum atomic E-state index is 12.5. The molecule has 3 aromatic rings. The van der Waals surface area contributed by atoms with Gasteiger partial charge in [-0.2, -0.15) is 4.98 Å². The van der Waals surface area contributed by atoms with Crippen LogP contribution in [0.5, 0.6) is 0 Å². The Morgan fingerprint density at radius 2 is 2.14 bits per heavy atom. The molecule has 0 saturated carbocycles. The Balaban J connectivity index is 1.42. The van der Waals surface area contributed by atoms with Crippen LogP contribution in [-0.2, 0) is 16.0 Å². The lowest BCUT2D eigenvalue weighted by atomic mass is 10.0. The summed E-state index contributed by atoms with van der Waals surface area (Å²) in [7, 11) is 0. The number of anilines is 1. The summed E-state index contributed by atoms with van der Waals surface area (Å²) >= 11 is 0. The Hall–Kier alpha value is -3.39. The average Bonchev–Trinajstić information content (AvgIpc) is 3.41. The van der Waals surface area contributed by atoms with Crippen molar-refractivity contribution in [2.75, 3.05) is 11.9 Å². The molecule has 1 atom stereocenters. The normalized spacial score (nSPS) is 16.1. The van der Waals surface area contributed by atoms with E-state index in [-0.39, 0.29) is 30.2 Å². The molecule has 0 aliphatic carbocycles. The number of aromatic nitrogens is 4. The van der Waals surface area contributed by atoms with Crippen molar-refractivity contribution >= 4 is 17.6 Å². The van der Waals surface area contributed by atoms with E-state index in [9.17, 15) is 9.59 Å². The van der Waals surface area contributed by atoms with Gasteiger partial charge in [0.1, 0.15) is 11.8 Å². The minimum absolute atomic E-state index is 0.0454. The maximum Gasteiger partial charge on any atom is 0.258 e. The minimum atomic E-state index is -0.349. The van der Waals surface area contributed by atoms with Gasteiger partial charge in [-0.05, 0) is 42.7 Å². The number of carbonyl (C=O) groups is 2. The third kappa shape index (κ3) is 4.12. The lowest BCUT2D eigenvalue weighted by molar-refractivity contribution is -0.127. The molecule has 1 aromatic carbocycles. The van der Waals surface area contributed by atoms with Crippen molar-refractivity contribution < 1.29 is 14.3 Å². The molecule has 2 aromatic heterocycles. The molecule has 8 nitrogen and oxygen atoms in total. The molecule has 1 saturated heterocycles. The van der Waals surface area contributed by atoms with E-state index in [1.807, 2.05) is 12.1 Å². The lowest BCUT2D eigenvalue weighted by Crippen LogP contribution is -2.21. The zero-order valence-electron chi connectivity index (χ0n) is 15.1. The van der Waals surface area contributed by atoms with E-state index in [1.54, 1.807) is 36.5 Å². The first-order valence-corrected chi connectivity index (χ1v) is 9.07. The van der Waals surface area contributed by atoms with E-state index in [2.05, 4.69) is 25.5 Å². The minimum Gasteiger partial charge on any atom is -0.370 e. The summed E-state index contributed by atoms with van der Waals surface area (Å²) in [6.07, 6.45) is 3.25. The van der Waals surface area contributed by atoms with Gasteiger partial charge in [0.2, 0.25) is 5.95 Å². The van der Waals surface area contributed by atoms with Crippen molar-refractivity contribution in [3.8, 4) is 11.5 Å². The Labute approximate surface area is 161 Å².